The molecular weight excluding hydrogens is 427 g/mol. The van der Waals surface area contributed by atoms with Crippen molar-refractivity contribution in [3.05, 3.63) is 28.8 Å². The predicted octanol–water partition coefficient (Wildman–Crippen LogP) is 4.54. The Kier molecular flexibility index (Phi) is 4.67. The molecule has 4 atom stereocenters. The molecule has 4 aliphatic rings. The third-order valence-corrected chi connectivity index (χ3v) is 7.65. The quantitative estimate of drug-likeness (QED) is 0.723. The van der Waals surface area contributed by atoms with E-state index in [0.29, 0.717) is 34.0 Å². The van der Waals surface area contributed by atoms with Crippen molar-refractivity contribution in [1.82, 2.24) is 14.8 Å². The van der Waals surface area contributed by atoms with Crippen LogP contribution in [0, 0.1) is 17.3 Å². The average molecular weight is 451 g/mol. The Morgan fingerprint density at radius 2 is 1.83 bits per heavy atom. The molecule has 6 rings (SSSR count). The summed E-state index contributed by atoms with van der Waals surface area (Å²) in [5.74, 6) is 2.03. The highest BCUT2D eigenvalue weighted by molar-refractivity contribution is 6.32. The predicted molar refractivity (Wildman–Crippen MR) is 113 cm³/mol. The molecule has 160 valence electrons. The molecular formula is C21H24Cl2N4O3. The molecule has 0 saturated heterocycles. The fourth-order valence-electron chi connectivity index (χ4n) is 6.43. The first-order valence-electron chi connectivity index (χ1n) is 10.2. The largest absolute Gasteiger partial charge is 0.495 e. The molecule has 1 heterocycles. The molecule has 2 unspecified atom stereocenters. The van der Waals surface area contributed by atoms with E-state index in [1.165, 1.54) is 6.42 Å². The Morgan fingerprint density at radius 3 is 2.43 bits per heavy atom. The summed E-state index contributed by atoms with van der Waals surface area (Å²) in [5, 5.41) is 8.23. The number of methoxy groups -OCH3 is 2. The van der Waals surface area contributed by atoms with E-state index in [4.69, 9.17) is 32.7 Å². The lowest BCUT2D eigenvalue weighted by Gasteiger charge is -2.60. The Bertz CT molecular complexity index is 994. The maximum absolute atomic E-state index is 13.7. The van der Waals surface area contributed by atoms with E-state index in [1.807, 2.05) is 4.68 Å². The molecule has 2 aromatic rings. The summed E-state index contributed by atoms with van der Waals surface area (Å²) in [6.07, 6.45) is 7.47. The van der Waals surface area contributed by atoms with E-state index in [2.05, 4.69) is 15.4 Å². The van der Waals surface area contributed by atoms with Gasteiger partial charge < -0.3 is 14.8 Å². The van der Waals surface area contributed by atoms with E-state index < -0.39 is 5.41 Å². The van der Waals surface area contributed by atoms with Crippen LogP contribution >= 0.6 is 23.2 Å². The normalized spacial score (nSPS) is 31.6. The summed E-state index contributed by atoms with van der Waals surface area (Å²) in [4.78, 5) is 17.8. The SMILES string of the molecule is COc1cc(NC(=O)C23C[C@H]4C[C@@H](C2)CC(n2cnc(Cl)n2)(C4)C3)c(OC)cc1Cl. The number of ether oxygens (including phenoxy) is 2. The van der Waals surface area contributed by atoms with Crippen LogP contribution in [0.4, 0.5) is 5.69 Å². The van der Waals surface area contributed by atoms with Crippen molar-refractivity contribution in [3.8, 4) is 11.5 Å². The standard InChI is InChI=1S/C21H24Cl2N4O3/c1-29-16-5-15(17(30-2)4-14(16)22)25-18(28)20-6-12-3-13(7-20)9-21(8-12,10-20)27-11-24-19(23)26-27/h4-5,11-13H,3,6-10H2,1-2H3,(H,25,28)/t12-,13+,20?,21?. The lowest BCUT2D eigenvalue weighted by molar-refractivity contribution is -0.150. The molecule has 30 heavy (non-hydrogen) atoms. The topological polar surface area (TPSA) is 78.3 Å². The molecule has 1 N–H and O–H groups in total. The Hall–Kier alpha value is -1.99. The van der Waals surface area contributed by atoms with Gasteiger partial charge in [0.05, 0.1) is 35.9 Å². The first-order chi connectivity index (χ1) is 14.4. The number of aromatic nitrogens is 3. The second-order valence-electron chi connectivity index (χ2n) is 9.07. The fourth-order valence-corrected chi connectivity index (χ4v) is 6.79. The molecule has 9 heteroatoms. The van der Waals surface area contributed by atoms with Gasteiger partial charge in [-0.2, -0.15) is 0 Å². The van der Waals surface area contributed by atoms with Crippen LogP contribution in [0.15, 0.2) is 18.5 Å². The first-order valence-corrected chi connectivity index (χ1v) is 10.9. The van der Waals surface area contributed by atoms with Gasteiger partial charge in [-0.1, -0.05) is 11.6 Å². The van der Waals surface area contributed by atoms with Crippen LogP contribution in [0.5, 0.6) is 11.5 Å². The van der Waals surface area contributed by atoms with Crippen LogP contribution in [0.2, 0.25) is 10.3 Å². The van der Waals surface area contributed by atoms with Crippen molar-refractivity contribution < 1.29 is 14.3 Å². The molecule has 4 fully saturated rings. The number of rotatable bonds is 5. The number of hydrogen-bond acceptors (Lipinski definition) is 5. The summed E-state index contributed by atoms with van der Waals surface area (Å²) in [6.45, 7) is 0. The lowest BCUT2D eigenvalue weighted by Crippen LogP contribution is -2.60. The number of hydrogen-bond donors (Lipinski definition) is 1. The van der Waals surface area contributed by atoms with E-state index in [1.54, 1.807) is 32.7 Å². The molecule has 7 nitrogen and oxygen atoms in total. The molecule has 1 aromatic heterocycles. The minimum Gasteiger partial charge on any atom is -0.495 e. The highest BCUT2D eigenvalue weighted by Crippen LogP contribution is 2.64. The number of carbonyl (C=O) groups excluding carboxylic acids is 1. The first kappa shape index (κ1) is 19.9. The van der Waals surface area contributed by atoms with Crippen LogP contribution in [-0.4, -0.2) is 34.9 Å². The third kappa shape index (κ3) is 3.05. The zero-order valence-corrected chi connectivity index (χ0v) is 18.5. The van der Waals surface area contributed by atoms with Gasteiger partial charge in [-0.25, -0.2) is 9.67 Å². The number of amides is 1. The highest BCUT2D eigenvalue weighted by atomic mass is 35.5. The smallest absolute Gasteiger partial charge is 0.242 e. The van der Waals surface area contributed by atoms with E-state index in [9.17, 15) is 4.79 Å². The van der Waals surface area contributed by atoms with Crippen LogP contribution in [0.25, 0.3) is 0 Å². The summed E-state index contributed by atoms with van der Waals surface area (Å²) in [7, 11) is 3.10. The summed E-state index contributed by atoms with van der Waals surface area (Å²) < 4.78 is 12.7. The number of nitrogens with one attached hydrogen (secondary N) is 1. The van der Waals surface area contributed by atoms with Crippen molar-refractivity contribution in [3.63, 3.8) is 0 Å². The van der Waals surface area contributed by atoms with Gasteiger partial charge in [0.15, 0.2) is 0 Å². The van der Waals surface area contributed by atoms with E-state index in [0.717, 1.165) is 32.1 Å². The van der Waals surface area contributed by atoms with Gasteiger partial charge in [-0.15, -0.1) is 5.10 Å². The molecule has 4 bridgehead atoms. The van der Waals surface area contributed by atoms with Gasteiger partial charge in [0.1, 0.15) is 17.8 Å². The maximum Gasteiger partial charge on any atom is 0.242 e. The Balaban J connectivity index is 1.48. The minimum atomic E-state index is -0.444. The number of benzene rings is 1. The molecule has 4 saturated carbocycles. The lowest BCUT2D eigenvalue weighted by atomic mass is 9.46. The zero-order valence-electron chi connectivity index (χ0n) is 17.0. The Morgan fingerprint density at radius 1 is 1.13 bits per heavy atom. The van der Waals surface area contributed by atoms with Crippen LogP contribution in [-0.2, 0) is 10.3 Å². The molecule has 0 spiro atoms. The van der Waals surface area contributed by atoms with Gasteiger partial charge >= 0.3 is 0 Å². The zero-order chi connectivity index (χ0) is 21.1. The monoisotopic (exact) mass is 450 g/mol. The van der Waals surface area contributed by atoms with Crippen molar-refractivity contribution >= 4 is 34.8 Å². The second-order valence-corrected chi connectivity index (χ2v) is 9.81. The summed E-state index contributed by atoms with van der Waals surface area (Å²) in [6, 6.07) is 3.38. The van der Waals surface area contributed by atoms with Crippen molar-refractivity contribution in [2.45, 2.75) is 44.1 Å². The summed E-state index contributed by atoms with van der Waals surface area (Å²) >= 11 is 12.2. The van der Waals surface area contributed by atoms with Gasteiger partial charge in [-0.3, -0.25) is 4.79 Å². The van der Waals surface area contributed by atoms with Gasteiger partial charge in [0, 0.05) is 12.1 Å². The second kappa shape index (κ2) is 7.02. The number of halogens is 2. The number of carbonyl (C=O) groups is 1. The summed E-state index contributed by atoms with van der Waals surface area (Å²) in [5.41, 5.74) is -0.0682. The third-order valence-electron chi connectivity index (χ3n) is 7.18. The van der Waals surface area contributed by atoms with Gasteiger partial charge in [0.25, 0.3) is 0 Å². The number of anilines is 1. The van der Waals surface area contributed by atoms with Crippen LogP contribution < -0.4 is 14.8 Å². The van der Waals surface area contributed by atoms with Crippen molar-refractivity contribution in [2.75, 3.05) is 19.5 Å². The molecule has 1 amide bonds. The fraction of sp³-hybridized carbons (Fsp3) is 0.571. The average Bonchev–Trinajstić information content (AvgIpc) is 3.15. The van der Waals surface area contributed by atoms with E-state index >= 15 is 0 Å². The molecule has 4 aliphatic carbocycles. The molecule has 0 aliphatic heterocycles. The van der Waals surface area contributed by atoms with E-state index in [-0.39, 0.29) is 16.7 Å². The van der Waals surface area contributed by atoms with Crippen molar-refractivity contribution in [2.24, 2.45) is 17.3 Å². The minimum absolute atomic E-state index is 0.0230. The van der Waals surface area contributed by atoms with Gasteiger partial charge in [0.2, 0.25) is 11.2 Å². The highest BCUT2D eigenvalue weighted by Gasteiger charge is 2.61. The molecule has 1 aromatic carbocycles. The Labute approximate surface area is 185 Å². The maximum atomic E-state index is 13.7. The van der Waals surface area contributed by atoms with Crippen LogP contribution in [0.3, 0.4) is 0 Å². The van der Waals surface area contributed by atoms with Crippen LogP contribution in [0.1, 0.15) is 38.5 Å². The molecule has 0 radical (unpaired) electrons. The number of nitrogens with zero attached hydrogens (tertiary/aromatic N) is 3. The van der Waals surface area contributed by atoms with Crippen molar-refractivity contribution in [1.29, 1.82) is 0 Å². The van der Waals surface area contributed by atoms with Gasteiger partial charge in [-0.05, 0) is 62.0 Å².